The Labute approximate surface area is 134 Å². The summed E-state index contributed by atoms with van der Waals surface area (Å²) >= 11 is 0. The van der Waals surface area contributed by atoms with Crippen LogP contribution in [0.15, 0.2) is 42.5 Å². The average molecular weight is 310 g/mol. The zero-order chi connectivity index (χ0) is 16.4. The molecule has 0 aliphatic heterocycles. The van der Waals surface area contributed by atoms with Crippen LogP contribution in [-0.4, -0.2) is 10.7 Å². The number of nitrogens with one attached hydrogen (secondary N) is 1. The maximum Gasteiger partial charge on any atom is 0.293 e. The molecule has 5 nitrogen and oxygen atoms in total. The number of nitrogens with zero attached hydrogens (tertiary/aromatic N) is 1. The molecule has 0 heterocycles. The van der Waals surface area contributed by atoms with Gasteiger partial charge in [0.05, 0.1) is 11.0 Å². The Morgan fingerprint density at radius 1 is 1.26 bits per heavy atom. The number of hydrogen-bond acceptors (Lipinski definition) is 4. The van der Waals surface area contributed by atoms with E-state index in [9.17, 15) is 14.9 Å². The van der Waals surface area contributed by atoms with Crippen molar-refractivity contribution in [3.63, 3.8) is 0 Å². The number of benzene rings is 2. The minimum atomic E-state index is -0.441. The van der Waals surface area contributed by atoms with E-state index in [-0.39, 0.29) is 17.5 Å². The fourth-order valence-electron chi connectivity index (χ4n) is 3.12. The van der Waals surface area contributed by atoms with Crippen LogP contribution < -0.4 is 5.32 Å². The van der Waals surface area contributed by atoms with Crippen LogP contribution >= 0.6 is 0 Å². The summed E-state index contributed by atoms with van der Waals surface area (Å²) in [4.78, 5) is 22.3. The second-order valence-electron chi connectivity index (χ2n) is 5.83. The van der Waals surface area contributed by atoms with E-state index < -0.39 is 4.92 Å². The molecule has 1 N–H and O–H groups in total. The standard InChI is InChI=1S/C18H18N2O3/c1-12(21)14-9-10-17(18(11-14)20(22)23)19-16-8-4-6-13-5-2-3-7-15(13)16/h2-3,5,7,9-11,16,19H,4,6,8H2,1H3. The first-order valence-electron chi connectivity index (χ1n) is 7.70. The van der Waals surface area contributed by atoms with Crippen LogP contribution in [0.1, 0.15) is 47.3 Å². The van der Waals surface area contributed by atoms with E-state index in [0.717, 1.165) is 19.3 Å². The zero-order valence-electron chi connectivity index (χ0n) is 12.9. The molecule has 0 bridgehead atoms. The topological polar surface area (TPSA) is 72.2 Å². The molecule has 0 spiro atoms. The van der Waals surface area contributed by atoms with Gasteiger partial charge in [0.25, 0.3) is 5.69 Å². The van der Waals surface area contributed by atoms with Gasteiger partial charge < -0.3 is 5.32 Å². The number of anilines is 1. The van der Waals surface area contributed by atoms with Crippen LogP contribution in [0.3, 0.4) is 0 Å². The number of Topliss-reactive ketones (excluding diaryl/α,β-unsaturated/α-hetero) is 1. The Morgan fingerprint density at radius 3 is 2.78 bits per heavy atom. The van der Waals surface area contributed by atoms with Gasteiger partial charge in [0, 0.05) is 11.6 Å². The van der Waals surface area contributed by atoms with E-state index in [1.165, 1.54) is 24.1 Å². The monoisotopic (exact) mass is 310 g/mol. The summed E-state index contributed by atoms with van der Waals surface area (Å²) in [7, 11) is 0. The minimum Gasteiger partial charge on any atom is -0.373 e. The van der Waals surface area contributed by atoms with Gasteiger partial charge in [-0.15, -0.1) is 0 Å². The van der Waals surface area contributed by atoms with Gasteiger partial charge in [0.15, 0.2) is 5.78 Å². The van der Waals surface area contributed by atoms with Crippen LogP contribution in [0, 0.1) is 10.1 Å². The Morgan fingerprint density at radius 2 is 2.04 bits per heavy atom. The minimum absolute atomic E-state index is 0.0549. The number of rotatable bonds is 4. The van der Waals surface area contributed by atoms with Crippen LogP contribution in [0.25, 0.3) is 0 Å². The lowest BCUT2D eigenvalue weighted by atomic mass is 9.87. The Bertz CT molecular complexity index is 771. The van der Waals surface area contributed by atoms with Gasteiger partial charge >= 0.3 is 0 Å². The molecule has 3 rings (SSSR count). The first kappa shape index (κ1) is 15.2. The summed E-state index contributed by atoms with van der Waals surface area (Å²) in [5.74, 6) is -0.178. The normalized spacial score (nSPS) is 16.5. The van der Waals surface area contributed by atoms with Crippen LogP contribution in [0.2, 0.25) is 0 Å². The molecule has 0 saturated heterocycles. The number of carbonyl (C=O) groups is 1. The second kappa shape index (κ2) is 6.20. The van der Waals surface area contributed by atoms with Crippen LogP contribution in [0.5, 0.6) is 0 Å². The Kier molecular flexibility index (Phi) is 4.10. The molecule has 1 atom stereocenters. The summed E-state index contributed by atoms with van der Waals surface area (Å²) < 4.78 is 0. The number of hydrogen-bond donors (Lipinski definition) is 1. The number of nitro benzene ring substituents is 1. The SMILES string of the molecule is CC(=O)c1ccc(NC2CCCc3ccccc32)c([N+](=O)[O-])c1. The molecule has 23 heavy (non-hydrogen) atoms. The van der Waals surface area contributed by atoms with Gasteiger partial charge in [0.1, 0.15) is 5.69 Å². The lowest BCUT2D eigenvalue weighted by Crippen LogP contribution is -2.18. The first-order valence-corrected chi connectivity index (χ1v) is 7.70. The highest BCUT2D eigenvalue weighted by atomic mass is 16.6. The van der Waals surface area contributed by atoms with E-state index in [4.69, 9.17) is 0 Å². The third-order valence-corrected chi connectivity index (χ3v) is 4.30. The predicted molar refractivity (Wildman–Crippen MR) is 88.8 cm³/mol. The maximum absolute atomic E-state index is 11.4. The largest absolute Gasteiger partial charge is 0.373 e. The van der Waals surface area contributed by atoms with Crippen molar-refractivity contribution in [2.75, 3.05) is 5.32 Å². The molecule has 1 aliphatic carbocycles. The molecule has 118 valence electrons. The third kappa shape index (κ3) is 3.08. The van der Waals surface area contributed by atoms with Gasteiger partial charge in [-0.3, -0.25) is 14.9 Å². The number of nitro groups is 1. The van der Waals surface area contributed by atoms with E-state index in [0.29, 0.717) is 11.3 Å². The number of aryl methyl sites for hydroxylation is 1. The van der Waals surface area contributed by atoms with Crippen molar-refractivity contribution in [2.45, 2.75) is 32.2 Å². The van der Waals surface area contributed by atoms with Crippen molar-refractivity contribution >= 4 is 17.2 Å². The fourth-order valence-corrected chi connectivity index (χ4v) is 3.12. The Balaban J connectivity index is 1.95. The van der Waals surface area contributed by atoms with E-state index in [1.54, 1.807) is 12.1 Å². The van der Waals surface area contributed by atoms with Crippen molar-refractivity contribution < 1.29 is 9.72 Å². The maximum atomic E-state index is 11.4. The van der Waals surface area contributed by atoms with Gasteiger partial charge in [-0.1, -0.05) is 24.3 Å². The molecule has 0 aromatic heterocycles. The van der Waals surface area contributed by atoms with Gasteiger partial charge in [-0.05, 0) is 49.4 Å². The highest BCUT2D eigenvalue weighted by molar-refractivity contribution is 5.95. The third-order valence-electron chi connectivity index (χ3n) is 4.30. The molecule has 5 heteroatoms. The number of carbonyl (C=O) groups excluding carboxylic acids is 1. The Hall–Kier alpha value is -2.69. The van der Waals surface area contributed by atoms with Crippen LogP contribution in [-0.2, 0) is 6.42 Å². The van der Waals surface area contributed by atoms with E-state index >= 15 is 0 Å². The van der Waals surface area contributed by atoms with Gasteiger partial charge in [0.2, 0.25) is 0 Å². The average Bonchev–Trinajstić information content (AvgIpc) is 2.55. The summed E-state index contributed by atoms with van der Waals surface area (Å²) in [5.41, 5.74) is 3.25. The van der Waals surface area contributed by atoms with Crippen molar-refractivity contribution in [3.05, 3.63) is 69.3 Å². The fraction of sp³-hybridized carbons (Fsp3) is 0.278. The molecule has 0 amide bonds. The van der Waals surface area contributed by atoms with Crippen molar-refractivity contribution in [1.29, 1.82) is 0 Å². The molecular formula is C18H18N2O3. The molecule has 2 aromatic rings. The molecule has 0 radical (unpaired) electrons. The quantitative estimate of drug-likeness (QED) is 0.519. The van der Waals surface area contributed by atoms with Crippen molar-refractivity contribution in [3.8, 4) is 0 Å². The smallest absolute Gasteiger partial charge is 0.293 e. The summed E-state index contributed by atoms with van der Waals surface area (Å²) in [5, 5.41) is 14.6. The number of ketones is 1. The predicted octanol–water partition coefficient (Wildman–Crippen LogP) is 4.29. The van der Waals surface area contributed by atoms with E-state index in [1.807, 2.05) is 12.1 Å². The van der Waals surface area contributed by atoms with Crippen molar-refractivity contribution in [2.24, 2.45) is 0 Å². The lowest BCUT2D eigenvalue weighted by Gasteiger charge is -2.27. The van der Waals surface area contributed by atoms with E-state index in [2.05, 4.69) is 17.4 Å². The number of fused-ring (bicyclic) bond motifs is 1. The van der Waals surface area contributed by atoms with Crippen LogP contribution in [0.4, 0.5) is 11.4 Å². The summed E-state index contributed by atoms with van der Waals surface area (Å²) in [6, 6.07) is 12.9. The van der Waals surface area contributed by atoms with Gasteiger partial charge in [-0.2, -0.15) is 0 Å². The molecule has 2 aromatic carbocycles. The molecular weight excluding hydrogens is 292 g/mol. The van der Waals surface area contributed by atoms with Crippen molar-refractivity contribution in [1.82, 2.24) is 0 Å². The summed E-state index contributed by atoms with van der Waals surface area (Å²) in [6.45, 7) is 1.41. The molecule has 1 unspecified atom stereocenters. The molecule has 0 fully saturated rings. The zero-order valence-corrected chi connectivity index (χ0v) is 12.9. The lowest BCUT2D eigenvalue weighted by molar-refractivity contribution is -0.384. The molecule has 0 saturated carbocycles. The second-order valence-corrected chi connectivity index (χ2v) is 5.83. The van der Waals surface area contributed by atoms with Gasteiger partial charge in [-0.25, -0.2) is 0 Å². The molecule has 1 aliphatic rings. The highest BCUT2D eigenvalue weighted by Gasteiger charge is 2.23. The highest BCUT2D eigenvalue weighted by Crippen LogP contribution is 2.35. The first-order chi connectivity index (χ1) is 11.1. The summed E-state index contributed by atoms with van der Waals surface area (Å²) in [6.07, 6.45) is 3.02.